The number of para-hydroxylation sites is 1. The molecule has 0 radical (unpaired) electrons. The SMILES string of the molecule is CN1CCN(Cc2ccc3ccccc3n2)C[C@@H](C(=O)N(C)C)C1. The molecule has 3 rings (SSSR count). The highest BCUT2D eigenvalue weighted by Gasteiger charge is 2.27. The van der Waals surface area contributed by atoms with E-state index in [9.17, 15) is 4.79 Å². The van der Waals surface area contributed by atoms with E-state index in [0.29, 0.717) is 0 Å². The number of nitrogens with zero attached hydrogens (tertiary/aromatic N) is 4. The standard InChI is InChI=1S/C19H26N4O/c1-21(2)19(24)16-12-22(3)10-11-23(13-16)14-17-9-8-15-6-4-5-7-18(15)20-17/h4-9,16H,10-14H2,1-3H3/t16-/m0/s1. The molecule has 5 heteroatoms. The second kappa shape index (κ2) is 7.28. The quantitative estimate of drug-likeness (QED) is 0.860. The van der Waals surface area contributed by atoms with Gasteiger partial charge in [0, 0.05) is 52.2 Å². The van der Waals surface area contributed by atoms with Crippen LogP contribution in [0.5, 0.6) is 0 Å². The largest absolute Gasteiger partial charge is 0.348 e. The Balaban J connectivity index is 1.75. The van der Waals surface area contributed by atoms with Gasteiger partial charge in [0.15, 0.2) is 0 Å². The van der Waals surface area contributed by atoms with Crippen molar-refractivity contribution in [1.82, 2.24) is 19.7 Å². The average Bonchev–Trinajstić information content (AvgIpc) is 2.75. The summed E-state index contributed by atoms with van der Waals surface area (Å²) in [5.41, 5.74) is 2.09. The molecule has 128 valence electrons. The molecular weight excluding hydrogens is 300 g/mol. The molecule has 1 amide bonds. The van der Waals surface area contributed by atoms with Gasteiger partial charge < -0.3 is 9.80 Å². The average molecular weight is 326 g/mol. The smallest absolute Gasteiger partial charge is 0.227 e. The molecule has 1 aliphatic heterocycles. The Bertz CT molecular complexity index is 715. The van der Waals surface area contributed by atoms with Crippen molar-refractivity contribution in [2.45, 2.75) is 6.54 Å². The lowest BCUT2D eigenvalue weighted by Gasteiger charge is -2.25. The Hall–Kier alpha value is -1.98. The Morgan fingerprint density at radius 3 is 2.75 bits per heavy atom. The Kier molecular flexibility index (Phi) is 5.11. The first-order valence-corrected chi connectivity index (χ1v) is 8.49. The van der Waals surface area contributed by atoms with Crippen molar-refractivity contribution in [3.8, 4) is 0 Å². The summed E-state index contributed by atoms with van der Waals surface area (Å²) in [7, 11) is 5.76. The first-order valence-electron chi connectivity index (χ1n) is 8.49. The van der Waals surface area contributed by atoms with Crippen molar-refractivity contribution in [3.05, 3.63) is 42.1 Å². The zero-order valence-corrected chi connectivity index (χ0v) is 14.8. The molecule has 1 aromatic carbocycles. The van der Waals surface area contributed by atoms with Crippen LogP contribution in [0.25, 0.3) is 10.9 Å². The van der Waals surface area contributed by atoms with Gasteiger partial charge in [0.2, 0.25) is 5.91 Å². The molecule has 1 aliphatic rings. The summed E-state index contributed by atoms with van der Waals surface area (Å²) < 4.78 is 0. The van der Waals surface area contributed by atoms with E-state index in [1.165, 1.54) is 0 Å². The highest BCUT2D eigenvalue weighted by molar-refractivity contribution is 5.79. The van der Waals surface area contributed by atoms with Crippen molar-refractivity contribution in [1.29, 1.82) is 0 Å². The summed E-state index contributed by atoms with van der Waals surface area (Å²) in [6.07, 6.45) is 0. The number of hydrogen-bond acceptors (Lipinski definition) is 4. The maximum absolute atomic E-state index is 12.4. The third-order valence-corrected chi connectivity index (χ3v) is 4.64. The number of aromatic nitrogens is 1. The van der Waals surface area contributed by atoms with E-state index in [0.717, 1.165) is 49.3 Å². The first kappa shape index (κ1) is 16.9. The maximum Gasteiger partial charge on any atom is 0.227 e. The summed E-state index contributed by atoms with van der Waals surface area (Å²) in [6.45, 7) is 4.33. The van der Waals surface area contributed by atoms with E-state index >= 15 is 0 Å². The van der Waals surface area contributed by atoms with E-state index in [1.807, 2.05) is 32.3 Å². The highest BCUT2D eigenvalue weighted by Crippen LogP contribution is 2.16. The Labute approximate surface area is 143 Å². The second-order valence-electron chi connectivity index (χ2n) is 6.92. The van der Waals surface area contributed by atoms with Gasteiger partial charge in [-0.25, -0.2) is 0 Å². The summed E-state index contributed by atoms with van der Waals surface area (Å²) in [4.78, 5) is 23.5. The van der Waals surface area contributed by atoms with Crippen LogP contribution in [0.1, 0.15) is 5.69 Å². The van der Waals surface area contributed by atoms with Gasteiger partial charge >= 0.3 is 0 Å². The Morgan fingerprint density at radius 2 is 1.96 bits per heavy atom. The number of carbonyl (C=O) groups is 1. The fourth-order valence-electron chi connectivity index (χ4n) is 3.33. The van der Waals surface area contributed by atoms with Crippen LogP contribution in [-0.2, 0) is 11.3 Å². The van der Waals surface area contributed by atoms with E-state index in [2.05, 4.69) is 35.0 Å². The Morgan fingerprint density at radius 1 is 1.17 bits per heavy atom. The van der Waals surface area contributed by atoms with E-state index in [4.69, 9.17) is 4.98 Å². The van der Waals surface area contributed by atoms with Crippen LogP contribution in [0.4, 0.5) is 0 Å². The molecule has 5 nitrogen and oxygen atoms in total. The molecular formula is C19H26N4O. The topological polar surface area (TPSA) is 39.7 Å². The molecule has 1 saturated heterocycles. The predicted molar refractivity (Wildman–Crippen MR) is 96.7 cm³/mol. The molecule has 24 heavy (non-hydrogen) atoms. The lowest BCUT2D eigenvalue weighted by atomic mass is 10.1. The third-order valence-electron chi connectivity index (χ3n) is 4.64. The monoisotopic (exact) mass is 326 g/mol. The minimum atomic E-state index is 0.0213. The molecule has 0 N–H and O–H groups in total. The zero-order valence-electron chi connectivity index (χ0n) is 14.8. The number of amides is 1. The van der Waals surface area contributed by atoms with Crippen LogP contribution in [0.3, 0.4) is 0 Å². The van der Waals surface area contributed by atoms with E-state index < -0.39 is 0 Å². The van der Waals surface area contributed by atoms with Crippen LogP contribution in [0.2, 0.25) is 0 Å². The fraction of sp³-hybridized carbons (Fsp3) is 0.474. The van der Waals surface area contributed by atoms with Gasteiger partial charge in [-0.05, 0) is 19.2 Å². The minimum Gasteiger partial charge on any atom is -0.348 e. The van der Waals surface area contributed by atoms with Crippen LogP contribution in [0.15, 0.2) is 36.4 Å². The van der Waals surface area contributed by atoms with Crippen LogP contribution in [0, 0.1) is 5.92 Å². The second-order valence-corrected chi connectivity index (χ2v) is 6.92. The molecule has 2 heterocycles. The van der Waals surface area contributed by atoms with Crippen LogP contribution >= 0.6 is 0 Å². The van der Waals surface area contributed by atoms with E-state index in [1.54, 1.807) is 4.90 Å². The van der Waals surface area contributed by atoms with Crippen molar-refractivity contribution in [2.24, 2.45) is 5.92 Å². The number of hydrogen-bond donors (Lipinski definition) is 0. The number of benzene rings is 1. The van der Waals surface area contributed by atoms with E-state index in [-0.39, 0.29) is 11.8 Å². The number of pyridine rings is 1. The molecule has 0 saturated carbocycles. The molecule has 2 aromatic rings. The number of likely N-dealkylation sites (N-methyl/N-ethyl adjacent to an activating group) is 1. The molecule has 1 aromatic heterocycles. The minimum absolute atomic E-state index is 0.0213. The van der Waals surface area contributed by atoms with Crippen molar-refractivity contribution < 1.29 is 4.79 Å². The van der Waals surface area contributed by atoms with Gasteiger partial charge in [-0.3, -0.25) is 14.7 Å². The first-order chi connectivity index (χ1) is 11.5. The van der Waals surface area contributed by atoms with Crippen LogP contribution in [-0.4, -0.2) is 72.9 Å². The molecule has 0 aliphatic carbocycles. The van der Waals surface area contributed by atoms with Gasteiger partial charge in [-0.2, -0.15) is 0 Å². The van der Waals surface area contributed by atoms with Gasteiger partial charge in [0.05, 0.1) is 17.1 Å². The third kappa shape index (κ3) is 3.91. The number of rotatable bonds is 3. The molecule has 1 fully saturated rings. The summed E-state index contributed by atoms with van der Waals surface area (Å²) >= 11 is 0. The van der Waals surface area contributed by atoms with Gasteiger partial charge in [-0.15, -0.1) is 0 Å². The molecule has 0 bridgehead atoms. The van der Waals surface area contributed by atoms with Crippen LogP contribution < -0.4 is 0 Å². The summed E-state index contributed by atoms with van der Waals surface area (Å²) in [6, 6.07) is 12.4. The summed E-state index contributed by atoms with van der Waals surface area (Å²) in [5, 5.41) is 1.16. The molecule has 0 unspecified atom stereocenters. The highest BCUT2D eigenvalue weighted by atomic mass is 16.2. The van der Waals surface area contributed by atoms with Gasteiger partial charge in [0.1, 0.15) is 0 Å². The van der Waals surface area contributed by atoms with Crippen molar-refractivity contribution in [3.63, 3.8) is 0 Å². The van der Waals surface area contributed by atoms with Crippen molar-refractivity contribution >= 4 is 16.8 Å². The lowest BCUT2D eigenvalue weighted by molar-refractivity contribution is -0.133. The van der Waals surface area contributed by atoms with Gasteiger partial charge in [0.25, 0.3) is 0 Å². The predicted octanol–water partition coefficient (Wildman–Crippen LogP) is 1.69. The zero-order chi connectivity index (χ0) is 17.1. The molecule has 0 spiro atoms. The van der Waals surface area contributed by atoms with Crippen molar-refractivity contribution in [2.75, 3.05) is 47.3 Å². The maximum atomic E-state index is 12.4. The number of fused-ring (bicyclic) bond motifs is 1. The lowest BCUT2D eigenvalue weighted by Crippen LogP contribution is -2.40. The summed E-state index contributed by atoms with van der Waals surface area (Å²) in [5.74, 6) is 0.230. The number of carbonyl (C=O) groups excluding carboxylic acids is 1. The fourth-order valence-corrected chi connectivity index (χ4v) is 3.33. The molecule has 1 atom stereocenters. The van der Waals surface area contributed by atoms with Gasteiger partial charge in [-0.1, -0.05) is 24.3 Å². The normalized spacial score (nSPS) is 20.0.